The fraction of sp³-hybridized carbons (Fsp3) is 0.333. The van der Waals surface area contributed by atoms with E-state index in [0.29, 0.717) is 6.04 Å². The Kier molecular flexibility index (Phi) is 5.66. The third-order valence-electron chi connectivity index (χ3n) is 3.50. The minimum atomic E-state index is 0.315. The minimum absolute atomic E-state index is 0.315. The molecule has 3 heteroatoms. The highest BCUT2D eigenvalue weighted by atomic mass is 35.5. The van der Waals surface area contributed by atoms with Crippen molar-refractivity contribution in [2.24, 2.45) is 0 Å². The molecule has 2 rings (SSSR count). The van der Waals surface area contributed by atoms with E-state index in [9.17, 15) is 0 Å². The molecule has 0 fully saturated rings. The van der Waals surface area contributed by atoms with Crippen molar-refractivity contribution in [1.29, 1.82) is 0 Å². The second kappa shape index (κ2) is 7.48. The third kappa shape index (κ3) is 4.23. The van der Waals surface area contributed by atoms with Crippen LogP contribution in [0, 0.1) is 0 Å². The van der Waals surface area contributed by atoms with Crippen LogP contribution >= 0.6 is 11.6 Å². The van der Waals surface area contributed by atoms with Gasteiger partial charge in [0.15, 0.2) is 0 Å². The summed E-state index contributed by atoms with van der Waals surface area (Å²) in [6.07, 6.45) is 0.896. The molecule has 0 aliphatic rings. The number of hydrogen-bond acceptors (Lipinski definition) is 2. The van der Waals surface area contributed by atoms with Crippen molar-refractivity contribution >= 4 is 11.6 Å². The number of halogens is 1. The zero-order valence-electron chi connectivity index (χ0n) is 12.8. The summed E-state index contributed by atoms with van der Waals surface area (Å²) in [5.41, 5.74) is 2.32. The van der Waals surface area contributed by atoms with Crippen LogP contribution < -0.4 is 10.1 Å². The molecule has 2 aromatic carbocycles. The summed E-state index contributed by atoms with van der Waals surface area (Å²) in [4.78, 5) is 0. The van der Waals surface area contributed by atoms with Crippen LogP contribution in [0.5, 0.6) is 11.5 Å². The lowest BCUT2D eigenvalue weighted by Gasteiger charge is -2.14. The van der Waals surface area contributed by atoms with Crippen LogP contribution in [0.2, 0.25) is 5.02 Å². The Hall–Kier alpha value is -1.51. The SMILES string of the molecule is CCNC(C)c1cccc(Oc2ccc(Cl)c(CC)c2)c1. The van der Waals surface area contributed by atoms with Gasteiger partial charge in [-0.2, -0.15) is 0 Å². The molecule has 0 aliphatic carbocycles. The number of hydrogen-bond donors (Lipinski definition) is 1. The van der Waals surface area contributed by atoms with Crippen LogP contribution in [0.15, 0.2) is 42.5 Å². The highest BCUT2D eigenvalue weighted by Gasteiger charge is 2.06. The normalized spacial score (nSPS) is 12.2. The van der Waals surface area contributed by atoms with Gasteiger partial charge in [0.1, 0.15) is 11.5 Å². The Morgan fingerprint density at radius 2 is 1.86 bits per heavy atom. The average molecular weight is 304 g/mol. The average Bonchev–Trinajstić information content (AvgIpc) is 2.50. The predicted molar refractivity (Wildman–Crippen MR) is 89.4 cm³/mol. The van der Waals surface area contributed by atoms with Gasteiger partial charge in [-0.3, -0.25) is 0 Å². The number of benzene rings is 2. The van der Waals surface area contributed by atoms with E-state index in [1.165, 1.54) is 5.56 Å². The van der Waals surface area contributed by atoms with E-state index >= 15 is 0 Å². The largest absolute Gasteiger partial charge is 0.457 e. The molecule has 2 nitrogen and oxygen atoms in total. The van der Waals surface area contributed by atoms with Gasteiger partial charge in [-0.25, -0.2) is 0 Å². The second-order valence-electron chi connectivity index (χ2n) is 5.06. The van der Waals surface area contributed by atoms with Crippen LogP contribution in [0.25, 0.3) is 0 Å². The molecule has 1 atom stereocenters. The van der Waals surface area contributed by atoms with E-state index in [2.05, 4.69) is 38.2 Å². The molecule has 0 aromatic heterocycles. The maximum atomic E-state index is 6.14. The van der Waals surface area contributed by atoms with Gasteiger partial charge in [0.05, 0.1) is 0 Å². The van der Waals surface area contributed by atoms with Crippen molar-refractivity contribution in [2.75, 3.05) is 6.54 Å². The molecule has 21 heavy (non-hydrogen) atoms. The molecule has 2 aromatic rings. The zero-order chi connectivity index (χ0) is 15.2. The highest BCUT2D eigenvalue weighted by molar-refractivity contribution is 6.31. The van der Waals surface area contributed by atoms with Gasteiger partial charge >= 0.3 is 0 Å². The lowest BCUT2D eigenvalue weighted by molar-refractivity contribution is 0.479. The third-order valence-corrected chi connectivity index (χ3v) is 3.87. The van der Waals surface area contributed by atoms with Gasteiger partial charge in [-0.05, 0) is 61.3 Å². The van der Waals surface area contributed by atoms with E-state index in [0.717, 1.165) is 35.1 Å². The van der Waals surface area contributed by atoms with Gasteiger partial charge < -0.3 is 10.1 Å². The summed E-state index contributed by atoms with van der Waals surface area (Å²) in [5.74, 6) is 1.67. The smallest absolute Gasteiger partial charge is 0.127 e. The molecule has 0 bridgehead atoms. The first-order valence-electron chi connectivity index (χ1n) is 7.43. The Balaban J connectivity index is 2.18. The molecular weight excluding hydrogens is 282 g/mol. The second-order valence-corrected chi connectivity index (χ2v) is 5.47. The number of rotatable bonds is 6. The van der Waals surface area contributed by atoms with Crippen LogP contribution in [0.3, 0.4) is 0 Å². The van der Waals surface area contributed by atoms with Gasteiger partial charge in [0.2, 0.25) is 0 Å². The molecule has 1 unspecified atom stereocenters. The van der Waals surface area contributed by atoms with E-state index in [1.807, 2.05) is 30.3 Å². The molecule has 0 saturated carbocycles. The van der Waals surface area contributed by atoms with Crippen LogP contribution in [-0.2, 0) is 6.42 Å². The molecule has 1 N–H and O–H groups in total. The standard InChI is InChI=1S/C18H22ClNO/c1-4-14-11-17(9-10-18(14)19)21-16-8-6-7-15(12-16)13(3)20-5-2/h6-13,20H,4-5H2,1-3H3. The molecule has 112 valence electrons. The summed E-state index contributed by atoms with van der Waals surface area (Å²) >= 11 is 6.14. The lowest BCUT2D eigenvalue weighted by atomic mass is 10.1. The summed E-state index contributed by atoms with van der Waals surface area (Å²) < 4.78 is 5.96. The fourth-order valence-electron chi connectivity index (χ4n) is 2.29. The van der Waals surface area contributed by atoms with Crippen molar-refractivity contribution in [1.82, 2.24) is 5.32 Å². The van der Waals surface area contributed by atoms with Crippen molar-refractivity contribution in [2.45, 2.75) is 33.2 Å². The number of nitrogens with one attached hydrogen (secondary N) is 1. The first-order chi connectivity index (χ1) is 10.1. The Labute approximate surface area is 132 Å². The molecular formula is C18H22ClNO. The van der Waals surface area contributed by atoms with Crippen molar-refractivity contribution in [3.05, 3.63) is 58.6 Å². The minimum Gasteiger partial charge on any atom is -0.457 e. The molecule has 0 spiro atoms. The molecule has 0 radical (unpaired) electrons. The summed E-state index contributed by atoms with van der Waals surface area (Å²) in [7, 11) is 0. The summed E-state index contributed by atoms with van der Waals surface area (Å²) in [6, 6.07) is 14.3. The van der Waals surface area contributed by atoms with Crippen LogP contribution in [-0.4, -0.2) is 6.54 Å². The fourth-order valence-corrected chi connectivity index (χ4v) is 2.54. The zero-order valence-corrected chi connectivity index (χ0v) is 13.6. The monoisotopic (exact) mass is 303 g/mol. The number of aryl methyl sites for hydroxylation is 1. The van der Waals surface area contributed by atoms with Crippen LogP contribution in [0.4, 0.5) is 0 Å². The maximum absolute atomic E-state index is 6.14. The van der Waals surface area contributed by atoms with Crippen LogP contribution in [0.1, 0.15) is 37.9 Å². The summed E-state index contributed by atoms with van der Waals surface area (Å²) in [5, 5.41) is 4.20. The van der Waals surface area contributed by atoms with Gasteiger partial charge in [0.25, 0.3) is 0 Å². The molecule has 0 heterocycles. The Morgan fingerprint density at radius 3 is 2.57 bits per heavy atom. The van der Waals surface area contributed by atoms with Gasteiger partial charge in [0, 0.05) is 11.1 Å². The first kappa shape index (κ1) is 15.9. The van der Waals surface area contributed by atoms with E-state index in [4.69, 9.17) is 16.3 Å². The summed E-state index contributed by atoms with van der Waals surface area (Å²) in [6.45, 7) is 7.30. The predicted octanol–water partition coefficient (Wildman–Crippen LogP) is 5.37. The first-order valence-corrected chi connectivity index (χ1v) is 7.81. The van der Waals surface area contributed by atoms with E-state index in [-0.39, 0.29) is 0 Å². The van der Waals surface area contributed by atoms with Gasteiger partial charge in [-0.15, -0.1) is 0 Å². The highest BCUT2D eigenvalue weighted by Crippen LogP contribution is 2.28. The Bertz CT molecular complexity index is 598. The van der Waals surface area contributed by atoms with Crippen molar-refractivity contribution in [3.8, 4) is 11.5 Å². The van der Waals surface area contributed by atoms with Gasteiger partial charge in [-0.1, -0.05) is 37.6 Å². The maximum Gasteiger partial charge on any atom is 0.127 e. The molecule has 0 saturated heterocycles. The molecule has 0 aliphatic heterocycles. The van der Waals surface area contributed by atoms with E-state index in [1.54, 1.807) is 0 Å². The Morgan fingerprint density at radius 1 is 1.10 bits per heavy atom. The van der Waals surface area contributed by atoms with E-state index < -0.39 is 0 Å². The topological polar surface area (TPSA) is 21.3 Å². The van der Waals surface area contributed by atoms with Crippen molar-refractivity contribution < 1.29 is 4.74 Å². The van der Waals surface area contributed by atoms with Crippen molar-refractivity contribution in [3.63, 3.8) is 0 Å². The lowest BCUT2D eigenvalue weighted by Crippen LogP contribution is -2.17. The molecule has 0 amide bonds. The number of ether oxygens (including phenoxy) is 1. The quantitative estimate of drug-likeness (QED) is 0.775.